The van der Waals surface area contributed by atoms with E-state index in [0.717, 1.165) is 12.8 Å². The number of ether oxygens (including phenoxy) is 2. The van der Waals surface area contributed by atoms with Gasteiger partial charge in [-0.25, -0.2) is 0 Å². The van der Waals surface area contributed by atoms with E-state index in [0.29, 0.717) is 6.61 Å². The highest BCUT2D eigenvalue weighted by Crippen LogP contribution is 2.21. The molecule has 5 heteroatoms. The Labute approximate surface area is 172 Å². The Balaban J connectivity index is 1.85. The molecule has 1 aliphatic heterocycles. The van der Waals surface area contributed by atoms with Gasteiger partial charge in [0.1, 0.15) is 24.4 Å². The molecule has 3 N–H and O–H groups in total. The first-order chi connectivity index (χ1) is 13.7. The van der Waals surface area contributed by atoms with Crippen LogP contribution in [0.15, 0.2) is 12.2 Å². The van der Waals surface area contributed by atoms with Crippen LogP contribution in [0.3, 0.4) is 0 Å². The van der Waals surface area contributed by atoms with Crippen molar-refractivity contribution in [2.45, 2.75) is 115 Å². The normalized spacial score (nSPS) is 23.6. The summed E-state index contributed by atoms with van der Waals surface area (Å²) >= 11 is 0. The van der Waals surface area contributed by atoms with Crippen molar-refractivity contribution in [1.29, 1.82) is 0 Å². The Morgan fingerprint density at radius 3 is 2.00 bits per heavy atom. The molecule has 0 radical (unpaired) electrons. The molecule has 0 aromatic carbocycles. The van der Waals surface area contributed by atoms with Crippen LogP contribution in [0.4, 0.5) is 0 Å². The zero-order valence-electron chi connectivity index (χ0n) is 17.9. The van der Waals surface area contributed by atoms with E-state index in [-0.39, 0.29) is 13.2 Å². The molecule has 0 amide bonds. The van der Waals surface area contributed by atoms with Gasteiger partial charge in [0.2, 0.25) is 0 Å². The molecule has 1 aliphatic rings. The lowest BCUT2D eigenvalue weighted by Crippen LogP contribution is -2.42. The van der Waals surface area contributed by atoms with Crippen molar-refractivity contribution in [3.8, 4) is 0 Å². The second kappa shape index (κ2) is 17.4. The molecule has 0 aromatic rings. The molecule has 0 bridgehead atoms. The molecule has 0 aromatic heterocycles. The molecule has 166 valence electrons. The zero-order chi connectivity index (χ0) is 20.5. The predicted molar refractivity (Wildman–Crippen MR) is 113 cm³/mol. The Kier molecular flexibility index (Phi) is 15.9. The lowest BCUT2D eigenvalue weighted by molar-refractivity contribution is -0.0938. The number of allylic oxidation sites excluding steroid dienone is 2. The van der Waals surface area contributed by atoms with E-state index < -0.39 is 24.4 Å². The van der Waals surface area contributed by atoms with Gasteiger partial charge in [-0.3, -0.25) is 0 Å². The van der Waals surface area contributed by atoms with Crippen LogP contribution in [-0.4, -0.2) is 59.6 Å². The summed E-state index contributed by atoms with van der Waals surface area (Å²) in [7, 11) is 0. The number of rotatable bonds is 18. The molecular weight excluding hydrogens is 356 g/mol. The second-order valence-corrected chi connectivity index (χ2v) is 8.05. The Hall–Kier alpha value is -0.460. The molecule has 4 atom stereocenters. The molecule has 28 heavy (non-hydrogen) atoms. The van der Waals surface area contributed by atoms with Crippen LogP contribution < -0.4 is 0 Å². The quantitative estimate of drug-likeness (QED) is 0.238. The molecule has 0 saturated carbocycles. The van der Waals surface area contributed by atoms with Crippen LogP contribution in [-0.2, 0) is 9.47 Å². The van der Waals surface area contributed by atoms with Gasteiger partial charge in [-0.15, -0.1) is 0 Å². The number of hydrogen-bond donors (Lipinski definition) is 3. The first kappa shape index (κ1) is 25.6. The third-order valence-electron chi connectivity index (χ3n) is 5.54. The Morgan fingerprint density at radius 2 is 1.46 bits per heavy atom. The van der Waals surface area contributed by atoms with Crippen molar-refractivity contribution in [2.75, 3.05) is 19.8 Å². The van der Waals surface area contributed by atoms with Gasteiger partial charge in [-0.1, -0.05) is 76.4 Å². The van der Waals surface area contributed by atoms with Crippen molar-refractivity contribution in [3.63, 3.8) is 0 Å². The minimum atomic E-state index is -1.000. The van der Waals surface area contributed by atoms with E-state index in [4.69, 9.17) is 14.6 Å². The van der Waals surface area contributed by atoms with E-state index in [2.05, 4.69) is 19.1 Å². The number of aliphatic hydroxyl groups is 3. The minimum Gasteiger partial charge on any atom is -0.394 e. The number of unbranched alkanes of at least 4 members (excludes halogenated alkanes) is 12. The van der Waals surface area contributed by atoms with Crippen LogP contribution in [0, 0.1) is 0 Å². The van der Waals surface area contributed by atoms with E-state index in [1.807, 2.05) is 0 Å². The van der Waals surface area contributed by atoms with Gasteiger partial charge < -0.3 is 24.8 Å². The van der Waals surface area contributed by atoms with E-state index in [1.165, 1.54) is 70.6 Å². The van der Waals surface area contributed by atoms with Crippen LogP contribution in [0.25, 0.3) is 0 Å². The molecule has 0 spiro atoms. The summed E-state index contributed by atoms with van der Waals surface area (Å²) in [4.78, 5) is 0. The smallest absolute Gasteiger partial charge is 0.114 e. The van der Waals surface area contributed by atoms with Crippen molar-refractivity contribution < 1.29 is 24.8 Å². The van der Waals surface area contributed by atoms with Crippen LogP contribution in [0.2, 0.25) is 0 Å². The summed E-state index contributed by atoms with van der Waals surface area (Å²) in [6, 6.07) is 0. The van der Waals surface area contributed by atoms with E-state index in [9.17, 15) is 10.2 Å². The fourth-order valence-electron chi connectivity index (χ4n) is 3.78. The largest absolute Gasteiger partial charge is 0.394 e. The topological polar surface area (TPSA) is 79.2 Å². The molecule has 5 nitrogen and oxygen atoms in total. The van der Waals surface area contributed by atoms with Crippen LogP contribution in [0.1, 0.15) is 90.4 Å². The van der Waals surface area contributed by atoms with Gasteiger partial charge in [-0.2, -0.15) is 0 Å². The average Bonchev–Trinajstić information content (AvgIpc) is 3.07. The zero-order valence-corrected chi connectivity index (χ0v) is 17.9. The summed E-state index contributed by atoms with van der Waals surface area (Å²) in [6.45, 7) is 2.43. The molecule has 1 rings (SSSR count). The van der Waals surface area contributed by atoms with E-state index in [1.54, 1.807) is 0 Å². The first-order valence-electron chi connectivity index (χ1n) is 11.5. The van der Waals surface area contributed by atoms with Gasteiger partial charge in [0, 0.05) is 6.61 Å². The minimum absolute atomic E-state index is 0.155. The summed E-state index contributed by atoms with van der Waals surface area (Å²) in [5.41, 5.74) is 0. The fraction of sp³-hybridized carbons (Fsp3) is 0.913. The Morgan fingerprint density at radius 1 is 0.929 bits per heavy atom. The summed E-state index contributed by atoms with van der Waals surface area (Å²) in [6.07, 6.45) is 18.2. The highest BCUT2D eigenvalue weighted by molar-refractivity contribution is 4.89. The maximum Gasteiger partial charge on any atom is 0.114 e. The number of hydrogen-bond acceptors (Lipinski definition) is 5. The maximum absolute atomic E-state index is 9.88. The third-order valence-corrected chi connectivity index (χ3v) is 5.54. The van der Waals surface area contributed by atoms with Gasteiger partial charge in [0.25, 0.3) is 0 Å². The van der Waals surface area contributed by atoms with Gasteiger partial charge in [-0.05, 0) is 26.2 Å². The number of aliphatic hydroxyl groups excluding tert-OH is 3. The fourth-order valence-corrected chi connectivity index (χ4v) is 3.78. The van der Waals surface area contributed by atoms with Crippen LogP contribution >= 0.6 is 0 Å². The maximum atomic E-state index is 9.88. The lowest BCUT2D eigenvalue weighted by atomic mass is 10.0. The molecule has 1 fully saturated rings. The summed E-state index contributed by atoms with van der Waals surface area (Å²) in [5.74, 6) is 0. The van der Waals surface area contributed by atoms with Crippen molar-refractivity contribution in [2.24, 2.45) is 0 Å². The highest BCUT2D eigenvalue weighted by Gasteiger charge is 2.40. The molecule has 1 heterocycles. The first-order valence-corrected chi connectivity index (χ1v) is 11.5. The predicted octanol–water partition coefficient (Wildman–Crippen LogP) is 4.13. The highest BCUT2D eigenvalue weighted by atomic mass is 16.6. The molecule has 1 saturated heterocycles. The Bertz CT molecular complexity index is 374. The summed E-state index contributed by atoms with van der Waals surface area (Å²) < 4.78 is 11.0. The standard InChI is InChI=1S/C23H44O5/c1-2-3-4-5-6-7-8-9-10-11-12-13-14-15-16-17-27-23-21(26)19-28-22(23)20(25)18-24/h2-3,20-26H,4-19H2,1H3/b3-2+/t20-,21+,22-,23-/m0/s1. The second-order valence-electron chi connectivity index (χ2n) is 8.05. The molecule has 0 aliphatic carbocycles. The van der Waals surface area contributed by atoms with E-state index >= 15 is 0 Å². The van der Waals surface area contributed by atoms with Crippen molar-refractivity contribution in [3.05, 3.63) is 12.2 Å². The average molecular weight is 401 g/mol. The van der Waals surface area contributed by atoms with Crippen LogP contribution in [0.5, 0.6) is 0 Å². The summed E-state index contributed by atoms with van der Waals surface area (Å²) in [5, 5.41) is 28.6. The van der Waals surface area contributed by atoms with Gasteiger partial charge in [0.15, 0.2) is 0 Å². The lowest BCUT2D eigenvalue weighted by Gasteiger charge is -2.23. The molecular formula is C23H44O5. The monoisotopic (exact) mass is 400 g/mol. The third kappa shape index (κ3) is 11.5. The van der Waals surface area contributed by atoms with Gasteiger partial charge >= 0.3 is 0 Å². The van der Waals surface area contributed by atoms with Crippen molar-refractivity contribution in [1.82, 2.24) is 0 Å². The molecule has 0 unspecified atom stereocenters. The SMILES string of the molecule is C/C=C/CCCCCCCCCCCCCCO[C@@H]1[C@H]([C@@H](O)CO)OC[C@H]1O. The van der Waals surface area contributed by atoms with Gasteiger partial charge in [0.05, 0.1) is 13.2 Å². The van der Waals surface area contributed by atoms with Crippen molar-refractivity contribution >= 4 is 0 Å².